The molecule has 1 atom stereocenters. The molecule has 2 aliphatic rings. The Balaban J connectivity index is 2.06. The Morgan fingerprint density at radius 2 is 1.96 bits per heavy atom. The third-order valence-electron chi connectivity index (χ3n) is 4.51. The van der Waals surface area contributed by atoms with Crippen LogP contribution in [0, 0.1) is 16.7 Å². The van der Waals surface area contributed by atoms with Gasteiger partial charge in [-0.15, -0.1) is 0 Å². The van der Waals surface area contributed by atoms with Crippen LogP contribution < -0.4 is 10.5 Å². The number of carbonyl (C=O) groups is 1. The normalized spacial score (nSPS) is 22.0. The number of rotatable bonds is 3. The van der Waals surface area contributed by atoms with E-state index in [2.05, 4.69) is 4.74 Å². The number of halogens is 2. The van der Waals surface area contributed by atoms with Gasteiger partial charge in [-0.3, -0.25) is 4.79 Å². The summed E-state index contributed by atoms with van der Waals surface area (Å²) in [4.78, 5) is 12.8. The van der Waals surface area contributed by atoms with Gasteiger partial charge in [0, 0.05) is 18.4 Å². The van der Waals surface area contributed by atoms with Crippen molar-refractivity contribution < 1.29 is 23.0 Å². The van der Waals surface area contributed by atoms with Crippen LogP contribution in [0.25, 0.3) is 0 Å². The Morgan fingerprint density at radius 3 is 2.54 bits per heavy atom. The smallest absolute Gasteiger partial charge is 0.387 e. The molecule has 0 spiro atoms. The second-order valence-corrected chi connectivity index (χ2v) is 7.15. The van der Waals surface area contributed by atoms with Crippen LogP contribution in [-0.4, -0.2) is 12.4 Å². The third kappa shape index (κ3) is 3.27. The maximum Gasteiger partial charge on any atom is 0.387 e. The first-order valence-corrected chi connectivity index (χ1v) is 8.10. The van der Waals surface area contributed by atoms with Crippen LogP contribution in [0.4, 0.5) is 8.78 Å². The molecule has 3 rings (SSSR count). The summed E-state index contributed by atoms with van der Waals surface area (Å²) in [6.07, 6.45) is 0.855. The van der Waals surface area contributed by atoms with Gasteiger partial charge in [-0.2, -0.15) is 14.0 Å². The lowest BCUT2D eigenvalue weighted by molar-refractivity contribution is -0.119. The van der Waals surface area contributed by atoms with Crippen LogP contribution >= 0.6 is 0 Å². The molecule has 1 aliphatic carbocycles. The zero-order valence-corrected chi connectivity index (χ0v) is 14.4. The molecular formula is C19H18F2N2O3. The number of benzene rings is 1. The highest BCUT2D eigenvalue weighted by Crippen LogP contribution is 2.47. The van der Waals surface area contributed by atoms with Crippen molar-refractivity contribution >= 4 is 5.78 Å². The minimum absolute atomic E-state index is 0.00317. The highest BCUT2D eigenvalue weighted by atomic mass is 19.3. The van der Waals surface area contributed by atoms with Gasteiger partial charge in [0.1, 0.15) is 23.2 Å². The molecule has 1 aliphatic heterocycles. The zero-order valence-electron chi connectivity index (χ0n) is 14.4. The van der Waals surface area contributed by atoms with Gasteiger partial charge in [-0.05, 0) is 23.1 Å². The molecule has 1 unspecified atom stereocenters. The Bertz CT molecular complexity index is 849. The fourth-order valence-electron chi connectivity index (χ4n) is 3.46. The number of hydrogen-bond acceptors (Lipinski definition) is 5. The van der Waals surface area contributed by atoms with Gasteiger partial charge in [-0.25, -0.2) is 0 Å². The van der Waals surface area contributed by atoms with Gasteiger partial charge in [0.05, 0.1) is 5.92 Å². The van der Waals surface area contributed by atoms with Gasteiger partial charge >= 0.3 is 6.61 Å². The van der Waals surface area contributed by atoms with E-state index in [0.29, 0.717) is 29.7 Å². The second-order valence-electron chi connectivity index (χ2n) is 7.15. The van der Waals surface area contributed by atoms with Crippen molar-refractivity contribution in [1.29, 1.82) is 5.26 Å². The minimum atomic E-state index is -2.93. The molecule has 0 saturated carbocycles. The number of nitriles is 1. The Morgan fingerprint density at radius 1 is 1.31 bits per heavy atom. The quantitative estimate of drug-likeness (QED) is 0.887. The van der Waals surface area contributed by atoms with Crippen molar-refractivity contribution in [1.82, 2.24) is 0 Å². The van der Waals surface area contributed by atoms with E-state index in [1.807, 2.05) is 19.9 Å². The van der Waals surface area contributed by atoms with Crippen molar-refractivity contribution in [2.24, 2.45) is 11.1 Å². The molecule has 2 N–H and O–H groups in total. The van der Waals surface area contributed by atoms with E-state index in [0.717, 1.165) is 0 Å². The largest absolute Gasteiger partial charge is 0.444 e. The summed E-state index contributed by atoms with van der Waals surface area (Å²) in [7, 11) is 0. The molecule has 5 nitrogen and oxygen atoms in total. The molecule has 0 fully saturated rings. The minimum Gasteiger partial charge on any atom is -0.444 e. The van der Waals surface area contributed by atoms with Gasteiger partial charge < -0.3 is 15.2 Å². The Hall–Kier alpha value is -2.88. The van der Waals surface area contributed by atoms with Crippen LogP contribution in [0.2, 0.25) is 0 Å². The summed E-state index contributed by atoms with van der Waals surface area (Å²) >= 11 is 0. The maximum absolute atomic E-state index is 12.8. The van der Waals surface area contributed by atoms with E-state index < -0.39 is 12.5 Å². The van der Waals surface area contributed by atoms with Crippen LogP contribution in [-0.2, 0) is 9.53 Å². The number of carbonyl (C=O) groups excluding carboxylic acids is 1. The topological polar surface area (TPSA) is 85.3 Å². The second kappa shape index (κ2) is 6.45. The lowest BCUT2D eigenvalue weighted by Gasteiger charge is -2.37. The number of ether oxygens (including phenoxy) is 2. The van der Waals surface area contributed by atoms with Gasteiger partial charge in [-0.1, -0.05) is 26.0 Å². The summed E-state index contributed by atoms with van der Waals surface area (Å²) < 4.78 is 34.6. The van der Waals surface area contributed by atoms with E-state index in [1.165, 1.54) is 12.1 Å². The van der Waals surface area contributed by atoms with Crippen molar-refractivity contribution in [3.8, 4) is 11.8 Å². The Labute approximate surface area is 149 Å². The van der Waals surface area contributed by atoms with Crippen LogP contribution in [0.3, 0.4) is 0 Å². The van der Waals surface area contributed by atoms with Crippen LogP contribution in [0.1, 0.15) is 38.2 Å². The van der Waals surface area contributed by atoms with Gasteiger partial charge in [0.15, 0.2) is 5.78 Å². The van der Waals surface area contributed by atoms with Gasteiger partial charge in [0.25, 0.3) is 0 Å². The lowest BCUT2D eigenvalue weighted by Crippen LogP contribution is -2.33. The standard InChI is InChI=1S/C19H18F2N2O3/c1-19(2)7-13(24)16-14(8-19)26-17(23)12(9-22)15(16)10-3-5-11(6-4-10)25-18(20)21/h3-6,15,18H,7-8,23H2,1-2H3. The van der Waals surface area contributed by atoms with E-state index in [9.17, 15) is 18.8 Å². The fraction of sp³-hybridized carbons (Fsp3) is 0.368. The first kappa shape index (κ1) is 17.9. The summed E-state index contributed by atoms with van der Waals surface area (Å²) in [6.45, 7) is 0.998. The third-order valence-corrected chi connectivity index (χ3v) is 4.51. The SMILES string of the molecule is CC1(C)CC(=O)C2=C(C1)OC(N)=C(C#N)C2c1ccc(OC(F)F)cc1. The molecule has 0 radical (unpaired) electrons. The van der Waals surface area contributed by atoms with Crippen LogP contribution in [0.15, 0.2) is 47.1 Å². The predicted molar refractivity (Wildman–Crippen MR) is 88.8 cm³/mol. The molecular weight excluding hydrogens is 342 g/mol. The summed E-state index contributed by atoms with van der Waals surface area (Å²) in [5.74, 6) is -0.339. The number of nitrogens with zero attached hydrogens (tertiary/aromatic N) is 1. The van der Waals surface area contributed by atoms with Crippen molar-refractivity contribution in [2.45, 2.75) is 39.2 Å². The first-order valence-electron chi connectivity index (χ1n) is 8.10. The predicted octanol–water partition coefficient (Wildman–Crippen LogP) is 3.74. The molecule has 1 aromatic carbocycles. The molecule has 0 bridgehead atoms. The van der Waals surface area contributed by atoms with E-state index in [-0.39, 0.29) is 28.4 Å². The highest BCUT2D eigenvalue weighted by Gasteiger charge is 2.42. The molecule has 136 valence electrons. The van der Waals surface area contributed by atoms with Crippen LogP contribution in [0.5, 0.6) is 5.75 Å². The van der Waals surface area contributed by atoms with E-state index in [4.69, 9.17) is 10.5 Å². The molecule has 1 heterocycles. The fourth-order valence-corrected chi connectivity index (χ4v) is 3.46. The zero-order chi connectivity index (χ0) is 19.1. The number of alkyl halides is 2. The number of ketones is 1. The van der Waals surface area contributed by atoms with Gasteiger partial charge in [0.2, 0.25) is 5.88 Å². The van der Waals surface area contributed by atoms with E-state index in [1.54, 1.807) is 12.1 Å². The van der Waals surface area contributed by atoms with Crippen molar-refractivity contribution in [3.63, 3.8) is 0 Å². The monoisotopic (exact) mass is 360 g/mol. The Kier molecular flexibility index (Phi) is 4.45. The molecule has 0 saturated heterocycles. The van der Waals surface area contributed by atoms with Crippen molar-refractivity contribution in [2.75, 3.05) is 0 Å². The highest BCUT2D eigenvalue weighted by molar-refractivity contribution is 6.00. The number of Topliss-reactive ketones (excluding diaryl/α,β-unsaturated/α-hetero) is 1. The van der Waals surface area contributed by atoms with Crippen molar-refractivity contribution in [3.05, 3.63) is 52.6 Å². The average molecular weight is 360 g/mol. The molecule has 26 heavy (non-hydrogen) atoms. The molecule has 0 aromatic heterocycles. The lowest BCUT2D eigenvalue weighted by atomic mass is 9.70. The summed E-state index contributed by atoms with van der Waals surface area (Å²) in [6, 6.07) is 7.87. The maximum atomic E-state index is 12.8. The number of allylic oxidation sites excluding steroid dienone is 3. The molecule has 1 aromatic rings. The van der Waals surface area contributed by atoms with E-state index >= 15 is 0 Å². The molecule has 0 amide bonds. The first-order chi connectivity index (χ1) is 12.2. The molecule has 7 heteroatoms. The summed E-state index contributed by atoms with van der Waals surface area (Å²) in [5.41, 5.74) is 6.80. The number of nitrogens with two attached hydrogens (primary N) is 1. The number of hydrogen-bond donors (Lipinski definition) is 1. The average Bonchev–Trinajstić information content (AvgIpc) is 2.52. The summed E-state index contributed by atoms with van der Waals surface area (Å²) in [5, 5.41) is 9.52.